The van der Waals surface area contributed by atoms with Gasteiger partial charge in [-0.05, 0) is 18.2 Å². The Morgan fingerprint density at radius 1 is 1.20 bits per heavy atom. The molecule has 0 radical (unpaired) electrons. The van der Waals surface area contributed by atoms with Crippen molar-refractivity contribution in [3.8, 4) is 5.75 Å². The Bertz CT molecular complexity index is 527. The molecule has 0 unspecified atom stereocenters. The molecule has 1 aromatic rings. The zero-order valence-electron chi connectivity index (χ0n) is 10.8. The van der Waals surface area contributed by atoms with Crippen molar-refractivity contribution in [1.29, 1.82) is 0 Å². The lowest BCUT2D eigenvalue weighted by molar-refractivity contribution is -0.138. The number of nitrogens with zero attached hydrogens (tertiary/aromatic N) is 2. The second-order valence-electron chi connectivity index (χ2n) is 4.62. The number of carboxylic acids is 1. The van der Waals surface area contributed by atoms with Crippen LogP contribution in [0, 0.1) is 0 Å². The minimum absolute atomic E-state index is 0.0196. The van der Waals surface area contributed by atoms with E-state index in [1.54, 1.807) is 15.9 Å². The van der Waals surface area contributed by atoms with E-state index in [-0.39, 0.29) is 23.8 Å². The van der Waals surface area contributed by atoms with Crippen LogP contribution in [0.15, 0.2) is 18.2 Å². The predicted octanol–water partition coefficient (Wildman–Crippen LogP) is 0.888. The minimum atomic E-state index is -0.875. The molecule has 2 rings (SSSR count). The SMILES string of the molecule is O=C(O)CN1CCN(C(=O)c2ccc(Cl)cc2O)CC1. The number of rotatable bonds is 3. The summed E-state index contributed by atoms with van der Waals surface area (Å²) >= 11 is 5.73. The van der Waals surface area contributed by atoms with Gasteiger partial charge in [-0.1, -0.05) is 11.6 Å². The normalized spacial score (nSPS) is 16.1. The highest BCUT2D eigenvalue weighted by atomic mass is 35.5. The van der Waals surface area contributed by atoms with Crippen LogP contribution in [-0.2, 0) is 4.79 Å². The number of halogens is 1. The number of phenols is 1. The highest BCUT2D eigenvalue weighted by molar-refractivity contribution is 6.30. The number of carbonyl (C=O) groups is 2. The summed E-state index contributed by atoms with van der Waals surface area (Å²) in [5.41, 5.74) is 0.209. The van der Waals surface area contributed by atoms with Gasteiger partial charge in [0, 0.05) is 31.2 Å². The summed E-state index contributed by atoms with van der Waals surface area (Å²) in [6.07, 6.45) is 0. The number of aliphatic carboxylic acids is 1. The van der Waals surface area contributed by atoms with Crippen molar-refractivity contribution in [2.45, 2.75) is 0 Å². The van der Waals surface area contributed by atoms with Gasteiger partial charge in [-0.2, -0.15) is 0 Å². The van der Waals surface area contributed by atoms with Gasteiger partial charge in [-0.15, -0.1) is 0 Å². The number of carbonyl (C=O) groups excluding carboxylic acids is 1. The summed E-state index contributed by atoms with van der Waals surface area (Å²) in [4.78, 5) is 26.2. The monoisotopic (exact) mass is 298 g/mol. The molecule has 1 aromatic carbocycles. The molecule has 1 heterocycles. The second-order valence-corrected chi connectivity index (χ2v) is 5.06. The van der Waals surface area contributed by atoms with Crippen molar-refractivity contribution in [2.75, 3.05) is 32.7 Å². The number of hydrogen-bond acceptors (Lipinski definition) is 4. The van der Waals surface area contributed by atoms with E-state index < -0.39 is 5.97 Å². The number of hydrogen-bond donors (Lipinski definition) is 2. The number of aromatic hydroxyl groups is 1. The van der Waals surface area contributed by atoms with Gasteiger partial charge in [0.15, 0.2) is 0 Å². The Hall–Kier alpha value is -1.79. The molecule has 1 amide bonds. The summed E-state index contributed by atoms with van der Waals surface area (Å²) in [5.74, 6) is -1.29. The molecular formula is C13H15ClN2O4. The Morgan fingerprint density at radius 2 is 1.85 bits per heavy atom. The van der Waals surface area contributed by atoms with Crippen LogP contribution < -0.4 is 0 Å². The van der Waals surface area contributed by atoms with Gasteiger partial charge in [-0.3, -0.25) is 14.5 Å². The fourth-order valence-corrected chi connectivity index (χ4v) is 2.32. The number of benzene rings is 1. The Labute approximate surface area is 121 Å². The van der Waals surface area contributed by atoms with Gasteiger partial charge in [-0.25, -0.2) is 0 Å². The minimum Gasteiger partial charge on any atom is -0.507 e. The molecule has 20 heavy (non-hydrogen) atoms. The lowest BCUT2D eigenvalue weighted by atomic mass is 10.1. The summed E-state index contributed by atoms with van der Waals surface area (Å²) in [6, 6.07) is 4.37. The first kappa shape index (κ1) is 14.6. The van der Waals surface area contributed by atoms with E-state index in [9.17, 15) is 14.7 Å². The van der Waals surface area contributed by atoms with Gasteiger partial charge in [0.2, 0.25) is 0 Å². The van der Waals surface area contributed by atoms with Gasteiger partial charge in [0.25, 0.3) is 5.91 Å². The molecule has 6 nitrogen and oxygen atoms in total. The van der Waals surface area contributed by atoms with Crippen molar-refractivity contribution >= 4 is 23.5 Å². The van der Waals surface area contributed by atoms with E-state index in [0.29, 0.717) is 31.2 Å². The summed E-state index contributed by atoms with van der Waals surface area (Å²) < 4.78 is 0. The summed E-state index contributed by atoms with van der Waals surface area (Å²) in [7, 11) is 0. The maximum atomic E-state index is 12.2. The van der Waals surface area contributed by atoms with Crippen LogP contribution in [0.3, 0.4) is 0 Å². The zero-order chi connectivity index (χ0) is 14.7. The van der Waals surface area contributed by atoms with E-state index in [1.165, 1.54) is 12.1 Å². The van der Waals surface area contributed by atoms with E-state index in [1.807, 2.05) is 0 Å². The van der Waals surface area contributed by atoms with Crippen LogP contribution in [0.4, 0.5) is 0 Å². The van der Waals surface area contributed by atoms with E-state index in [0.717, 1.165) is 0 Å². The molecule has 0 spiro atoms. The van der Waals surface area contributed by atoms with Crippen molar-refractivity contribution in [1.82, 2.24) is 9.80 Å². The van der Waals surface area contributed by atoms with Gasteiger partial charge < -0.3 is 15.1 Å². The highest BCUT2D eigenvalue weighted by Gasteiger charge is 2.24. The number of carboxylic acid groups (broad SMARTS) is 1. The third kappa shape index (κ3) is 3.40. The van der Waals surface area contributed by atoms with Gasteiger partial charge in [0.05, 0.1) is 12.1 Å². The molecule has 2 N–H and O–H groups in total. The molecule has 1 saturated heterocycles. The molecule has 1 fully saturated rings. The third-order valence-corrected chi connectivity index (χ3v) is 3.44. The van der Waals surface area contributed by atoms with Crippen LogP contribution in [0.25, 0.3) is 0 Å². The molecule has 0 saturated carbocycles. The topological polar surface area (TPSA) is 81.1 Å². The molecule has 1 aliphatic rings. The lowest BCUT2D eigenvalue weighted by Crippen LogP contribution is -2.49. The van der Waals surface area contributed by atoms with Crippen molar-refractivity contribution in [3.63, 3.8) is 0 Å². The molecule has 7 heteroatoms. The highest BCUT2D eigenvalue weighted by Crippen LogP contribution is 2.23. The Balaban J connectivity index is 1.99. The van der Waals surface area contributed by atoms with E-state index >= 15 is 0 Å². The molecule has 0 aliphatic carbocycles. The van der Waals surface area contributed by atoms with Crippen LogP contribution in [0.2, 0.25) is 5.02 Å². The third-order valence-electron chi connectivity index (χ3n) is 3.21. The maximum Gasteiger partial charge on any atom is 0.317 e. The molecule has 1 aliphatic heterocycles. The van der Waals surface area contributed by atoms with Crippen molar-refractivity contribution in [3.05, 3.63) is 28.8 Å². The molecule has 108 valence electrons. The number of phenolic OH excluding ortho intramolecular Hbond substituents is 1. The maximum absolute atomic E-state index is 12.2. The zero-order valence-corrected chi connectivity index (χ0v) is 11.5. The first-order valence-electron chi connectivity index (χ1n) is 6.19. The number of piperazine rings is 1. The summed E-state index contributed by atoms with van der Waals surface area (Å²) in [5, 5.41) is 18.8. The van der Waals surface area contributed by atoms with E-state index in [4.69, 9.17) is 16.7 Å². The van der Waals surface area contributed by atoms with Crippen molar-refractivity contribution < 1.29 is 19.8 Å². The quantitative estimate of drug-likeness (QED) is 0.866. The number of amides is 1. The average molecular weight is 299 g/mol. The fraction of sp³-hybridized carbons (Fsp3) is 0.385. The van der Waals surface area contributed by atoms with Crippen LogP contribution in [0.1, 0.15) is 10.4 Å². The molecule has 0 aromatic heterocycles. The lowest BCUT2D eigenvalue weighted by Gasteiger charge is -2.33. The smallest absolute Gasteiger partial charge is 0.317 e. The first-order valence-corrected chi connectivity index (χ1v) is 6.57. The molecular weight excluding hydrogens is 284 g/mol. The van der Waals surface area contributed by atoms with Gasteiger partial charge >= 0.3 is 5.97 Å². The fourth-order valence-electron chi connectivity index (χ4n) is 2.16. The standard InChI is InChI=1S/C13H15ClN2O4/c14-9-1-2-10(11(17)7-9)13(20)16-5-3-15(4-6-16)8-12(18)19/h1-2,7,17H,3-6,8H2,(H,18,19). The van der Waals surface area contributed by atoms with Crippen LogP contribution in [-0.4, -0.2) is 64.6 Å². The van der Waals surface area contributed by atoms with E-state index in [2.05, 4.69) is 0 Å². The second kappa shape index (κ2) is 6.11. The average Bonchev–Trinajstić information content (AvgIpc) is 2.38. The first-order chi connectivity index (χ1) is 9.47. The Kier molecular flexibility index (Phi) is 4.46. The van der Waals surface area contributed by atoms with Crippen LogP contribution >= 0.6 is 11.6 Å². The Morgan fingerprint density at radius 3 is 2.40 bits per heavy atom. The van der Waals surface area contributed by atoms with Gasteiger partial charge in [0.1, 0.15) is 5.75 Å². The molecule has 0 bridgehead atoms. The predicted molar refractivity (Wildman–Crippen MR) is 73.1 cm³/mol. The van der Waals surface area contributed by atoms with Crippen molar-refractivity contribution in [2.24, 2.45) is 0 Å². The molecule has 0 atom stereocenters. The summed E-state index contributed by atoms with van der Waals surface area (Å²) in [6.45, 7) is 1.87. The largest absolute Gasteiger partial charge is 0.507 e. The van der Waals surface area contributed by atoms with Crippen LogP contribution in [0.5, 0.6) is 5.75 Å².